The summed E-state index contributed by atoms with van der Waals surface area (Å²) in [5.74, 6) is 0.937. The number of nitrogens with one attached hydrogen (secondary N) is 1. The highest BCUT2D eigenvalue weighted by atomic mass is 16.6. The minimum atomic E-state index is -0.420. The monoisotopic (exact) mass is 464 g/mol. The number of pyridine rings is 3. The third-order valence-corrected chi connectivity index (χ3v) is 5.71. The van der Waals surface area contributed by atoms with Gasteiger partial charge in [0.2, 0.25) is 11.8 Å². The van der Waals surface area contributed by atoms with E-state index in [-0.39, 0.29) is 12.5 Å². The lowest BCUT2D eigenvalue weighted by atomic mass is 10.2. The number of fused-ring (bicyclic) bond motifs is 2. The molecular formula is C23H24N6O5. The number of hydrogen-bond donors (Lipinski definition) is 1. The molecule has 0 spiro atoms. The van der Waals surface area contributed by atoms with Crippen molar-refractivity contribution in [3.05, 3.63) is 42.4 Å². The summed E-state index contributed by atoms with van der Waals surface area (Å²) in [5, 5.41) is 3.32. The molecule has 0 aromatic carbocycles. The minimum absolute atomic E-state index is 0.0153. The maximum absolute atomic E-state index is 12.9. The molecule has 5 rings (SSSR count). The standard InChI is InChI=1S/C23H24N6O5/c1-32-20-3-2-16-23(27-20)17(4-5-25-16)29-9-8-28(13-21(29)30)7-6-24-11-15-10-18-19(12-26-15)33-14-22(31)34-18/h2-5,10,12,24H,6-9,11,13-14H2,1H3. The zero-order valence-corrected chi connectivity index (χ0v) is 18.7. The number of aromatic nitrogens is 3. The normalized spacial score (nSPS) is 16.2. The molecule has 5 heterocycles. The maximum Gasteiger partial charge on any atom is 0.349 e. The van der Waals surface area contributed by atoms with Crippen LogP contribution in [0.5, 0.6) is 17.4 Å². The largest absolute Gasteiger partial charge is 0.481 e. The van der Waals surface area contributed by atoms with E-state index in [4.69, 9.17) is 14.2 Å². The number of esters is 1. The van der Waals surface area contributed by atoms with E-state index in [2.05, 4.69) is 25.2 Å². The van der Waals surface area contributed by atoms with E-state index in [0.29, 0.717) is 55.6 Å². The van der Waals surface area contributed by atoms with E-state index in [1.807, 2.05) is 12.1 Å². The van der Waals surface area contributed by atoms with E-state index in [1.54, 1.807) is 36.5 Å². The molecule has 34 heavy (non-hydrogen) atoms. The number of methoxy groups -OCH3 is 1. The molecule has 0 unspecified atom stereocenters. The number of ether oxygens (including phenoxy) is 3. The fourth-order valence-electron chi connectivity index (χ4n) is 3.98. The Hall–Kier alpha value is -3.83. The number of rotatable bonds is 7. The number of amides is 1. The van der Waals surface area contributed by atoms with Crippen LogP contribution < -0.4 is 24.4 Å². The van der Waals surface area contributed by atoms with Gasteiger partial charge in [-0.2, -0.15) is 0 Å². The van der Waals surface area contributed by atoms with Gasteiger partial charge < -0.3 is 24.4 Å². The van der Waals surface area contributed by atoms with Crippen molar-refractivity contribution in [1.82, 2.24) is 25.2 Å². The lowest BCUT2D eigenvalue weighted by Gasteiger charge is -2.34. The Labute approximate surface area is 195 Å². The van der Waals surface area contributed by atoms with Crippen molar-refractivity contribution >= 4 is 28.6 Å². The first-order valence-corrected chi connectivity index (χ1v) is 11.0. The summed E-state index contributed by atoms with van der Waals surface area (Å²) in [6.07, 6.45) is 3.25. The van der Waals surface area contributed by atoms with Gasteiger partial charge in [-0.15, -0.1) is 0 Å². The van der Waals surface area contributed by atoms with Crippen molar-refractivity contribution in [3.8, 4) is 17.4 Å². The molecule has 0 atom stereocenters. The van der Waals surface area contributed by atoms with Crippen LogP contribution in [0.1, 0.15) is 5.69 Å². The summed E-state index contributed by atoms with van der Waals surface area (Å²) in [6.45, 7) is 3.43. The van der Waals surface area contributed by atoms with Crippen LogP contribution in [0.15, 0.2) is 36.7 Å². The number of piperazine rings is 1. The topological polar surface area (TPSA) is 119 Å². The quantitative estimate of drug-likeness (QED) is 0.397. The predicted molar refractivity (Wildman–Crippen MR) is 122 cm³/mol. The summed E-state index contributed by atoms with van der Waals surface area (Å²) in [7, 11) is 1.56. The van der Waals surface area contributed by atoms with Crippen LogP contribution in [0.3, 0.4) is 0 Å². The van der Waals surface area contributed by atoms with Crippen molar-refractivity contribution in [1.29, 1.82) is 0 Å². The Kier molecular flexibility index (Phi) is 6.19. The summed E-state index contributed by atoms with van der Waals surface area (Å²) in [4.78, 5) is 41.4. The molecule has 176 valence electrons. The molecule has 0 bridgehead atoms. The second kappa shape index (κ2) is 9.57. The van der Waals surface area contributed by atoms with Gasteiger partial charge in [-0.25, -0.2) is 9.78 Å². The van der Waals surface area contributed by atoms with Crippen LogP contribution in [0.2, 0.25) is 0 Å². The molecule has 11 heteroatoms. The molecule has 3 aromatic rings. The van der Waals surface area contributed by atoms with E-state index >= 15 is 0 Å². The van der Waals surface area contributed by atoms with Gasteiger partial charge in [-0.3, -0.25) is 19.7 Å². The molecule has 1 N–H and O–H groups in total. The van der Waals surface area contributed by atoms with Crippen molar-refractivity contribution in [2.75, 3.05) is 51.3 Å². The third-order valence-electron chi connectivity index (χ3n) is 5.71. The van der Waals surface area contributed by atoms with Crippen LogP contribution in [0, 0.1) is 0 Å². The average molecular weight is 464 g/mol. The van der Waals surface area contributed by atoms with Gasteiger partial charge in [-0.05, 0) is 12.1 Å². The van der Waals surface area contributed by atoms with Gasteiger partial charge in [0.05, 0.1) is 36.7 Å². The maximum atomic E-state index is 12.9. The van der Waals surface area contributed by atoms with Gasteiger partial charge in [0, 0.05) is 51.1 Å². The summed E-state index contributed by atoms with van der Waals surface area (Å²) < 4.78 is 15.7. The molecule has 1 fully saturated rings. The van der Waals surface area contributed by atoms with E-state index in [1.165, 1.54) is 0 Å². The van der Waals surface area contributed by atoms with Gasteiger partial charge in [0.25, 0.3) is 0 Å². The Morgan fingerprint density at radius 2 is 2.06 bits per heavy atom. The van der Waals surface area contributed by atoms with Crippen LogP contribution in [-0.2, 0) is 16.1 Å². The summed E-state index contributed by atoms with van der Waals surface area (Å²) in [6, 6.07) is 7.11. The van der Waals surface area contributed by atoms with E-state index < -0.39 is 5.97 Å². The van der Waals surface area contributed by atoms with Crippen molar-refractivity contribution in [2.45, 2.75) is 6.54 Å². The molecule has 1 saturated heterocycles. The van der Waals surface area contributed by atoms with Crippen LogP contribution >= 0.6 is 0 Å². The molecule has 2 aliphatic heterocycles. The van der Waals surface area contributed by atoms with E-state index in [9.17, 15) is 9.59 Å². The van der Waals surface area contributed by atoms with Crippen molar-refractivity contribution in [3.63, 3.8) is 0 Å². The lowest BCUT2D eigenvalue weighted by molar-refractivity contribution is -0.138. The van der Waals surface area contributed by atoms with Gasteiger partial charge in [0.15, 0.2) is 18.1 Å². The zero-order valence-electron chi connectivity index (χ0n) is 18.7. The zero-order chi connectivity index (χ0) is 23.5. The Bertz CT molecular complexity index is 1240. The minimum Gasteiger partial charge on any atom is -0.481 e. The third kappa shape index (κ3) is 4.61. The van der Waals surface area contributed by atoms with Crippen LogP contribution in [0.25, 0.3) is 11.0 Å². The molecule has 0 aliphatic carbocycles. The summed E-state index contributed by atoms with van der Waals surface area (Å²) >= 11 is 0. The van der Waals surface area contributed by atoms with Crippen LogP contribution in [0.4, 0.5) is 5.69 Å². The first-order valence-electron chi connectivity index (χ1n) is 11.0. The number of nitrogens with zero attached hydrogens (tertiary/aromatic N) is 5. The molecule has 0 saturated carbocycles. The Morgan fingerprint density at radius 1 is 1.15 bits per heavy atom. The molecule has 1 amide bonds. The molecule has 2 aliphatic rings. The second-order valence-corrected chi connectivity index (χ2v) is 7.93. The fourth-order valence-corrected chi connectivity index (χ4v) is 3.98. The van der Waals surface area contributed by atoms with Gasteiger partial charge in [-0.1, -0.05) is 0 Å². The van der Waals surface area contributed by atoms with Crippen molar-refractivity contribution in [2.24, 2.45) is 0 Å². The Morgan fingerprint density at radius 3 is 2.91 bits per heavy atom. The molecular weight excluding hydrogens is 440 g/mol. The van der Waals surface area contributed by atoms with E-state index in [0.717, 1.165) is 23.4 Å². The first kappa shape index (κ1) is 22.0. The highest BCUT2D eigenvalue weighted by molar-refractivity contribution is 6.02. The van der Waals surface area contributed by atoms with Crippen LogP contribution in [-0.4, -0.2) is 78.2 Å². The lowest BCUT2D eigenvalue weighted by Crippen LogP contribution is -2.51. The fraction of sp³-hybridized carbons (Fsp3) is 0.348. The highest BCUT2D eigenvalue weighted by Crippen LogP contribution is 2.30. The van der Waals surface area contributed by atoms with Gasteiger partial charge in [0.1, 0.15) is 5.52 Å². The SMILES string of the molecule is COc1ccc2nccc(N3CCN(CCNCc4cc5c(cn4)OCC(=O)O5)CC3=O)c2n1. The smallest absolute Gasteiger partial charge is 0.349 e. The molecule has 3 aromatic heterocycles. The average Bonchev–Trinajstić information content (AvgIpc) is 2.86. The Balaban J connectivity index is 1.14. The number of carbonyl (C=O) groups is 2. The highest BCUT2D eigenvalue weighted by Gasteiger charge is 2.26. The number of anilines is 1. The first-order chi connectivity index (χ1) is 16.6. The predicted octanol–water partition coefficient (Wildman–Crippen LogP) is 0.770. The summed E-state index contributed by atoms with van der Waals surface area (Å²) in [5.41, 5.74) is 2.86. The van der Waals surface area contributed by atoms with Crippen molar-refractivity contribution < 1.29 is 23.8 Å². The molecule has 11 nitrogen and oxygen atoms in total. The number of carbonyl (C=O) groups excluding carboxylic acids is 2. The molecule has 0 radical (unpaired) electrons. The number of hydrogen-bond acceptors (Lipinski definition) is 10. The second-order valence-electron chi connectivity index (χ2n) is 7.93. The van der Waals surface area contributed by atoms with Gasteiger partial charge >= 0.3 is 5.97 Å².